The van der Waals surface area contributed by atoms with Gasteiger partial charge >= 0.3 is 0 Å². The third-order valence-electron chi connectivity index (χ3n) is 3.81. The maximum absolute atomic E-state index is 3.93. The van der Waals surface area contributed by atoms with Crippen molar-refractivity contribution in [2.45, 2.75) is 48.7 Å². The number of hydrogen-bond acceptors (Lipinski definition) is 4. The summed E-state index contributed by atoms with van der Waals surface area (Å²) in [6, 6.07) is 7.69. The first-order chi connectivity index (χ1) is 9.65. The van der Waals surface area contributed by atoms with Crippen LogP contribution in [0.5, 0.6) is 0 Å². The lowest BCUT2D eigenvalue weighted by molar-refractivity contribution is 0.352. The predicted molar refractivity (Wildman–Crippen MR) is 92.0 cm³/mol. The Morgan fingerprint density at radius 3 is 2.75 bits per heavy atom. The number of fused-ring (bicyclic) bond motifs is 1. The second-order valence-electron chi connectivity index (χ2n) is 5.78. The predicted octanol–water partition coefficient (Wildman–Crippen LogP) is 5.72. The van der Waals surface area contributed by atoms with E-state index in [4.69, 9.17) is 0 Å². The fraction of sp³-hybridized carbons (Fsp3) is 0.500. The van der Waals surface area contributed by atoms with Crippen LogP contribution in [-0.2, 0) is 0 Å². The average Bonchev–Trinajstić information content (AvgIpc) is 3.05. The molecule has 0 spiro atoms. The highest BCUT2D eigenvalue weighted by Crippen LogP contribution is 2.45. The SMILES string of the molecule is CC(C)C(NC1C[C@H](C)Sc2sccc21)c1cccs1. The minimum absolute atomic E-state index is 0.461. The van der Waals surface area contributed by atoms with Crippen molar-refractivity contribution in [1.82, 2.24) is 5.32 Å². The molecule has 0 bridgehead atoms. The number of thiophene rings is 2. The molecule has 1 aliphatic rings. The Balaban J connectivity index is 1.83. The second kappa shape index (κ2) is 6.22. The number of rotatable bonds is 4. The molecule has 4 heteroatoms. The molecule has 0 aliphatic carbocycles. The normalized spacial score (nSPS) is 23.8. The molecule has 3 heterocycles. The number of thioether (sulfide) groups is 1. The molecule has 108 valence electrons. The van der Waals surface area contributed by atoms with E-state index in [1.165, 1.54) is 21.1 Å². The third-order valence-corrected chi connectivity index (χ3v) is 7.11. The summed E-state index contributed by atoms with van der Waals surface area (Å²) < 4.78 is 1.51. The van der Waals surface area contributed by atoms with Gasteiger partial charge in [-0.25, -0.2) is 0 Å². The van der Waals surface area contributed by atoms with Crippen LogP contribution in [0.3, 0.4) is 0 Å². The van der Waals surface area contributed by atoms with Gasteiger partial charge in [0.15, 0.2) is 0 Å². The molecule has 20 heavy (non-hydrogen) atoms. The summed E-state index contributed by atoms with van der Waals surface area (Å²) in [4.78, 5) is 1.46. The van der Waals surface area contributed by atoms with Crippen LogP contribution in [0.2, 0.25) is 0 Å². The van der Waals surface area contributed by atoms with Gasteiger partial charge in [0, 0.05) is 22.2 Å². The van der Waals surface area contributed by atoms with Gasteiger partial charge in [-0.1, -0.05) is 26.8 Å². The van der Waals surface area contributed by atoms with Crippen LogP contribution in [0.1, 0.15) is 49.7 Å². The first-order valence-electron chi connectivity index (χ1n) is 7.18. The molecule has 2 aromatic heterocycles. The largest absolute Gasteiger partial charge is 0.302 e. The van der Waals surface area contributed by atoms with Crippen LogP contribution in [0.25, 0.3) is 0 Å². The number of nitrogens with one attached hydrogen (secondary N) is 1. The first-order valence-corrected chi connectivity index (χ1v) is 9.82. The van der Waals surface area contributed by atoms with E-state index in [-0.39, 0.29) is 0 Å². The van der Waals surface area contributed by atoms with Gasteiger partial charge in [0.25, 0.3) is 0 Å². The molecule has 2 aromatic rings. The molecular formula is C16H21NS3. The van der Waals surface area contributed by atoms with Crippen LogP contribution in [-0.4, -0.2) is 5.25 Å². The summed E-state index contributed by atoms with van der Waals surface area (Å²) >= 11 is 5.79. The van der Waals surface area contributed by atoms with Gasteiger partial charge < -0.3 is 5.32 Å². The molecule has 0 fully saturated rings. The van der Waals surface area contributed by atoms with Crippen molar-refractivity contribution in [2.24, 2.45) is 5.92 Å². The molecule has 0 aromatic carbocycles. The molecule has 0 radical (unpaired) electrons. The van der Waals surface area contributed by atoms with Crippen molar-refractivity contribution in [3.8, 4) is 0 Å². The maximum Gasteiger partial charge on any atom is 0.0649 e. The summed E-state index contributed by atoms with van der Waals surface area (Å²) in [5.41, 5.74) is 1.51. The Hall–Kier alpha value is -0.290. The zero-order chi connectivity index (χ0) is 14.1. The summed E-state index contributed by atoms with van der Waals surface area (Å²) in [6.07, 6.45) is 1.23. The van der Waals surface area contributed by atoms with Crippen molar-refractivity contribution in [3.63, 3.8) is 0 Å². The molecule has 3 rings (SSSR count). The van der Waals surface area contributed by atoms with Gasteiger partial charge in [0.2, 0.25) is 0 Å². The summed E-state index contributed by atoms with van der Waals surface area (Å²) in [7, 11) is 0. The molecule has 1 N–H and O–H groups in total. The first kappa shape index (κ1) is 14.6. The quantitative estimate of drug-likeness (QED) is 0.772. The number of hydrogen-bond donors (Lipinski definition) is 1. The lowest BCUT2D eigenvalue weighted by atomic mass is 9.98. The van der Waals surface area contributed by atoms with E-state index >= 15 is 0 Å². The Kier molecular flexibility index (Phi) is 4.55. The van der Waals surface area contributed by atoms with Crippen LogP contribution in [0, 0.1) is 5.92 Å². The van der Waals surface area contributed by atoms with Crippen molar-refractivity contribution >= 4 is 34.4 Å². The summed E-state index contributed by atoms with van der Waals surface area (Å²) in [5, 5.41) is 9.06. The smallest absolute Gasteiger partial charge is 0.0649 e. The third kappa shape index (κ3) is 2.98. The second-order valence-corrected chi connectivity index (χ2v) is 9.39. The van der Waals surface area contributed by atoms with Crippen LogP contribution >= 0.6 is 34.4 Å². The highest BCUT2D eigenvalue weighted by molar-refractivity contribution is 8.01. The Morgan fingerprint density at radius 1 is 1.20 bits per heavy atom. The van der Waals surface area contributed by atoms with Crippen molar-refractivity contribution in [2.75, 3.05) is 0 Å². The minimum Gasteiger partial charge on any atom is -0.302 e. The van der Waals surface area contributed by atoms with Crippen molar-refractivity contribution in [1.29, 1.82) is 0 Å². The van der Waals surface area contributed by atoms with E-state index < -0.39 is 0 Å². The lowest BCUT2D eigenvalue weighted by Gasteiger charge is -2.32. The molecule has 2 unspecified atom stereocenters. The highest BCUT2D eigenvalue weighted by atomic mass is 32.2. The zero-order valence-electron chi connectivity index (χ0n) is 12.1. The monoisotopic (exact) mass is 323 g/mol. The molecule has 1 nitrogen and oxygen atoms in total. The minimum atomic E-state index is 0.461. The van der Waals surface area contributed by atoms with Crippen LogP contribution < -0.4 is 5.32 Å². The van der Waals surface area contributed by atoms with E-state index in [1.54, 1.807) is 0 Å². The van der Waals surface area contributed by atoms with Gasteiger partial charge in [-0.05, 0) is 40.8 Å². The highest BCUT2D eigenvalue weighted by Gasteiger charge is 2.29. The fourth-order valence-corrected chi connectivity index (χ4v) is 6.32. The van der Waals surface area contributed by atoms with Crippen molar-refractivity contribution < 1.29 is 0 Å². The molecule has 0 amide bonds. The Labute approximate surface area is 133 Å². The van der Waals surface area contributed by atoms with E-state index in [2.05, 4.69) is 55.0 Å². The van der Waals surface area contributed by atoms with E-state index in [9.17, 15) is 0 Å². The van der Waals surface area contributed by atoms with Gasteiger partial charge in [-0.3, -0.25) is 0 Å². The zero-order valence-corrected chi connectivity index (χ0v) is 14.6. The molecule has 0 saturated heterocycles. The molecule has 1 aliphatic heterocycles. The lowest BCUT2D eigenvalue weighted by Crippen LogP contribution is -2.32. The van der Waals surface area contributed by atoms with Crippen LogP contribution in [0.4, 0.5) is 0 Å². The average molecular weight is 324 g/mol. The van der Waals surface area contributed by atoms with Gasteiger partial charge in [0.1, 0.15) is 0 Å². The van der Waals surface area contributed by atoms with E-state index in [1.807, 2.05) is 34.4 Å². The van der Waals surface area contributed by atoms with E-state index in [0.29, 0.717) is 23.3 Å². The Morgan fingerprint density at radius 2 is 2.05 bits per heavy atom. The Bertz CT molecular complexity index is 544. The van der Waals surface area contributed by atoms with Crippen LogP contribution in [0.15, 0.2) is 33.2 Å². The van der Waals surface area contributed by atoms with Crippen molar-refractivity contribution in [3.05, 3.63) is 39.4 Å². The topological polar surface area (TPSA) is 12.0 Å². The molecule has 3 atom stereocenters. The van der Waals surface area contributed by atoms with Gasteiger partial charge in [-0.2, -0.15) is 0 Å². The summed E-state index contributed by atoms with van der Waals surface area (Å²) in [5.74, 6) is 0.612. The standard InChI is InChI=1S/C16H21NS3/c1-10(2)15(14-5-4-7-18-14)17-13-9-11(3)20-16-12(13)6-8-19-16/h4-8,10-11,13,15,17H,9H2,1-3H3/t11-,13?,15?/m0/s1. The molecular weight excluding hydrogens is 302 g/mol. The molecule has 0 saturated carbocycles. The van der Waals surface area contributed by atoms with E-state index in [0.717, 1.165) is 0 Å². The van der Waals surface area contributed by atoms with Gasteiger partial charge in [0.05, 0.1) is 4.21 Å². The van der Waals surface area contributed by atoms with Gasteiger partial charge in [-0.15, -0.1) is 34.4 Å². The maximum atomic E-state index is 3.93. The fourth-order valence-electron chi connectivity index (χ4n) is 2.80. The summed E-state index contributed by atoms with van der Waals surface area (Å²) in [6.45, 7) is 6.97.